The summed E-state index contributed by atoms with van der Waals surface area (Å²) in [5.41, 5.74) is 3.20. The van der Waals surface area contributed by atoms with Crippen LogP contribution in [0.5, 0.6) is 5.75 Å². The molecule has 0 unspecified atom stereocenters. The number of carbonyl (C=O) groups is 3. The van der Waals surface area contributed by atoms with Gasteiger partial charge in [0.15, 0.2) is 0 Å². The Hall–Kier alpha value is -3.56. The van der Waals surface area contributed by atoms with Crippen molar-refractivity contribution >= 4 is 56.7 Å². The molecule has 2 amide bonds. The van der Waals surface area contributed by atoms with E-state index in [0.29, 0.717) is 15.7 Å². The second-order valence-electron chi connectivity index (χ2n) is 6.61. The highest BCUT2D eigenvalue weighted by Gasteiger charge is 2.16. The number of hydrogen-bond donors (Lipinski definition) is 2. The van der Waals surface area contributed by atoms with Gasteiger partial charge in [-0.15, -0.1) is 0 Å². The average Bonchev–Trinajstić information content (AvgIpc) is 2.79. The number of anilines is 1. The molecule has 7 nitrogen and oxygen atoms in total. The molecule has 0 aliphatic rings. The third kappa shape index (κ3) is 6.47. The smallest absolute Gasteiger partial charge is 0.345 e. The maximum Gasteiger partial charge on any atom is 0.345 e. The van der Waals surface area contributed by atoms with Gasteiger partial charge in [-0.25, -0.2) is 14.6 Å². The summed E-state index contributed by atoms with van der Waals surface area (Å²) in [5.74, 6) is -3.15. The molecule has 0 saturated heterocycles. The monoisotopic (exact) mass is 531 g/mol. The number of amides is 2. The van der Waals surface area contributed by atoms with Crippen LogP contribution in [0.25, 0.3) is 0 Å². The molecule has 0 aliphatic heterocycles. The second kappa shape index (κ2) is 10.8. The molecule has 0 fully saturated rings. The molecule has 0 heterocycles. The van der Waals surface area contributed by atoms with Gasteiger partial charge in [-0.1, -0.05) is 39.7 Å². The van der Waals surface area contributed by atoms with Crippen molar-refractivity contribution in [3.05, 3.63) is 93.2 Å². The summed E-state index contributed by atoms with van der Waals surface area (Å²) >= 11 is 9.10. The lowest BCUT2D eigenvalue weighted by Gasteiger charge is -2.08. The van der Waals surface area contributed by atoms with Gasteiger partial charge >= 0.3 is 17.8 Å². The number of benzene rings is 3. The van der Waals surface area contributed by atoms with Crippen LogP contribution in [-0.2, 0) is 9.59 Å². The first-order chi connectivity index (χ1) is 15.7. The molecule has 33 heavy (non-hydrogen) atoms. The maximum absolute atomic E-state index is 13.8. The number of nitrogens with zero attached hydrogens (tertiary/aromatic N) is 1. The number of hydrazone groups is 1. The van der Waals surface area contributed by atoms with Crippen molar-refractivity contribution < 1.29 is 23.5 Å². The maximum atomic E-state index is 13.8. The summed E-state index contributed by atoms with van der Waals surface area (Å²) in [6, 6.07) is 16.9. The lowest BCUT2D eigenvalue weighted by molar-refractivity contribution is -0.136. The van der Waals surface area contributed by atoms with E-state index >= 15 is 0 Å². The van der Waals surface area contributed by atoms with Crippen LogP contribution in [-0.4, -0.2) is 23.5 Å². The van der Waals surface area contributed by atoms with Crippen molar-refractivity contribution in [3.8, 4) is 5.75 Å². The van der Waals surface area contributed by atoms with E-state index < -0.39 is 23.6 Å². The van der Waals surface area contributed by atoms with Crippen molar-refractivity contribution in [2.24, 2.45) is 5.10 Å². The molecule has 0 saturated carbocycles. The molecule has 0 bridgehead atoms. The van der Waals surface area contributed by atoms with E-state index in [1.54, 1.807) is 55.5 Å². The van der Waals surface area contributed by atoms with Crippen LogP contribution in [0.4, 0.5) is 10.1 Å². The van der Waals surface area contributed by atoms with Gasteiger partial charge in [0.2, 0.25) is 0 Å². The Kier molecular flexibility index (Phi) is 7.92. The highest BCUT2D eigenvalue weighted by Crippen LogP contribution is 2.20. The summed E-state index contributed by atoms with van der Waals surface area (Å²) in [6.07, 6.45) is 0. The number of carbonyl (C=O) groups excluding carboxylic acids is 3. The SMILES string of the molecule is CC(=NNC(=O)C(=O)Nc1ccc(Br)cc1F)c1ccc(OC(=O)c2ccccc2Cl)cc1. The zero-order chi connectivity index (χ0) is 24.0. The fourth-order valence-electron chi connectivity index (χ4n) is 2.57. The van der Waals surface area contributed by atoms with Crippen LogP contribution in [0.15, 0.2) is 76.3 Å². The predicted molar refractivity (Wildman–Crippen MR) is 126 cm³/mol. The lowest BCUT2D eigenvalue weighted by atomic mass is 10.1. The third-order valence-corrected chi connectivity index (χ3v) is 5.11. The Labute approximate surface area is 201 Å². The topological polar surface area (TPSA) is 96.9 Å². The molecular weight excluding hydrogens is 517 g/mol. The first kappa shape index (κ1) is 24.1. The number of hydrogen-bond acceptors (Lipinski definition) is 5. The van der Waals surface area contributed by atoms with Crippen LogP contribution < -0.4 is 15.5 Å². The Balaban J connectivity index is 1.59. The summed E-state index contributed by atoms with van der Waals surface area (Å²) in [5, 5.41) is 6.33. The fourth-order valence-corrected chi connectivity index (χ4v) is 3.12. The zero-order valence-corrected chi connectivity index (χ0v) is 19.4. The molecule has 0 radical (unpaired) electrons. The highest BCUT2D eigenvalue weighted by atomic mass is 79.9. The van der Waals surface area contributed by atoms with Crippen molar-refractivity contribution in [2.45, 2.75) is 6.92 Å². The molecule has 0 aromatic heterocycles. The van der Waals surface area contributed by atoms with Crippen LogP contribution in [0.2, 0.25) is 5.02 Å². The molecule has 0 spiro atoms. The van der Waals surface area contributed by atoms with Gasteiger partial charge in [-0.2, -0.15) is 5.10 Å². The van der Waals surface area contributed by atoms with Crippen molar-refractivity contribution in [1.82, 2.24) is 5.43 Å². The number of halogens is 3. The molecule has 0 aliphatic carbocycles. The van der Waals surface area contributed by atoms with Gasteiger partial charge in [0.25, 0.3) is 0 Å². The predicted octanol–water partition coefficient (Wildman–Crippen LogP) is 4.94. The Morgan fingerprint density at radius 3 is 2.36 bits per heavy atom. The minimum absolute atomic E-state index is 0.138. The van der Waals surface area contributed by atoms with Gasteiger partial charge in [-0.05, 0) is 67.1 Å². The van der Waals surface area contributed by atoms with Crippen LogP contribution in [0, 0.1) is 5.82 Å². The molecule has 0 atom stereocenters. The molecule has 2 N–H and O–H groups in total. The van der Waals surface area contributed by atoms with Crippen LogP contribution >= 0.6 is 27.5 Å². The first-order valence-corrected chi connectivity index (χ1v) is 10.6. The first-order valence-electron chi connectivity index (χ1n) is 9.42. The Morgan fingerprint density at radius 1 is 1.00 bits per heavy atom. The molecule has 168 valence electrons. The van der Waals surface area contributed by atoms with Gasteiger partial charge in [-0.3, -0.25) is 9.59 Å². The molecule has 3 aromatic rings. The fraction of sp³-hybridized carbons (Fsp3) is 0.0435. The van der Waals surface area contributed by atoms with E-state index in [0.717, 1.165) is 6.07 Å². The molecular formula is C23H16BrClFN3O4. The molecule has 3 aromatic carbocycles. The Morgan fingerprint density at radius 2 is 1.70 bits per heavy atom. The van der Waals surface area contributed by atoms with E-state index in [4.69, 9.17) is 16.3 Å². The number of esters is 1. The van der Waals surface area contributed by atoms with Crippen molar-refractivity contribution in [2.75, 3.05) is 5.32 Å². The summed E-state index contributed by atoms with van der Waals surface area (Å²) in [4.78, 5) is 36.1. The number of nitrogens with one attached hydrogen (secondary N) is 2. The standard InChI is InChI=1S/C23H16BrClFN3O4/c1-13(28-29-22(31)21(30)27-20-11-8-15(24)12-19(20)26)14-6-9-16(10-7-14)33-23(32)17-4-2-3-5-18(17)25/h2-12H,1H3,(H,27,30)(H,29,31). The van der Waals surface area contributed by atoms with Gasteiger partial charge in [0, 0.05) is 4.47 Å². The number of rotatable bonds is 5. The number of ether oxygens (including phenoxy) is 1. The van der Waals surface area contributed by atoms with Gasteiger partial charge < -0.3 is 10.1 Å². The van der Waals surface area contributed by atoms with E-state index in [9.17, 15) is 18.8 Å². The largest absolute Gasteiger partial charge is 0.423 e. The van der Waals surface area contributed by atoms with Crippen LogP contribution in [0.3, 0.4) is 0 Å². The summed E-state index contributed by atoms with van der Waals surface area (Å²) < 4.78 is 19.6. The molecule has 10 heteroatoms. The minimum Gasteiger partial charge on any atom is -0.423 e. The quantitative estimate of drug-likeness (QED) is 0.160. The van der Waals surface area contributed by atoms with E-state index in [1.807, 2.05) is 0 Å². The normalized spacial score (nSPS) is 11.0. The summed E-state index contributed by atoms with van der Waals surface area (Å²) in [6.45, 7) is 1.61. The van der Waals surface area contributed by atoms with Crippen LogP contribution in [0.1, 0.15) is 22.8 Å². The third-order valence-electron chi connectivity index (χ3n) is 4.29. The Bertz CT molecular complexity index is 1250. The van der Waals surface area contributed by atoms with Gasteiger partial charge in [0.1, 0.15) is 11.6 Å². The average molecular weight is 533 g/mol. The van der Waals surface area contributed by atoms with E-state index in [2.05, 4.69) is 31.8 Å². The summed E-state index contributed by atoms with van der Waals surface area (Å²) in [7, 11) is 0. The van der Waals surface area contributed by atoms with Crippen molar-refractivity contribution in [1.29, 1.82) is 0 Å². The highest BCUT2D eigenvalue weighted by molar-refractivity contribution is 9.10. The molecule has 3 rings (SSSR count). The van der Waals surface area contributed by atoms with Crippen molar-refractivity contribution in [3.63, 3.8) is 0 Å². The van der Waals surface area contributed by atoms with E-state index in [1.165, 1.54) is 12.1 Å². The zero-order valence-electron chi connectivity index (χ0n) is 17.1. The minimum atomic E-state index is -1.07. The van der Waals surface area contributed by atoms with E-state index in [-0.39, 0.29) is 22.0 Å². The lowest BCUT2D eigenvalue weighted by Crippen LogP contribution is -2.33. The second-order valence-corrected chi connectivity index (χ2v) is 7.93. The van der Waals surface area contributed by atoms with Gasteiger partial charge in [0.05, 0.1) is 22.0 Å².